The molecule has 0 heterocycles. The molecule has 2 aromatic rings. The van der Waals surface area contributed by atoms with Gasteiger partial charge in [-0.1, -0.05) is 56.3 Å². The van der Waals surface area contributed by atoms with Crippen molar-refractivity contribution in [2.45, 2.75) is 37.8 Å². The van der Waals surface area contributed by atoms with E-state index in [-0.39, 0.29) is 12.0 Å². The third kappa shape index (κ3) is 4.89. The Labute approximate surface area is 153 Å². The Balaban J connectivity index is 2.18. The molecule has 0 aliphatic rings. The van der Waals surface area contributed by atoms with E-state index in [4.69, 9.17) is 0 Å². The standard InChI is InChI=1S/C19H23FN2O3S/c1-13(2)18(19(23)21-14(3)15-9-5-4-6-10-15)22-26(24,25)17-12-8-7-11-16(17)20/h4-14,18,22H,1-3H3,(H,21,23). The highest BCUT2D eigenvalue weighted by molar-refractivity contribution is 7.89. The SMILES string of the molecule is CC(NC(=O)C(NS(=O)(=O)c1ccccc1F)C(C)C)c1ccccc1. The van der Waals surface area contributed by atoms with Crippen LogP contribution in [0.25, 0.3) is 0 Å². The van der Waals surface area contributed by atoms with E-state index >= 15 is 0 Å². The normalized spacial score (nSPS) is 14.0. The quantitative estimate of drug-likeness (QED) is 0.778. The van der Waals surface area contributed by atoms with Crippen molar-refractivity contribution in [3.05, 3.63) is 66.0 Å². The highest BCUT2D eigenvalue weighted by Crippen LogP contribution is 2.17. The zero-order chi connectivity index (χ0) is 19.3. The second-order valence-electron chi connectivity index (χ2n) is 6.41. The number of carbonyl (C=O) groups is 1. The fourth-order valence-electron chi connectivity index (χ4n) is 2.51. The second-order valence-corrected chi connectivity index (χ2v) is 8.10. The van der Waals surface area contributed by atoms with Crippen molar-refractivity contribution in [2.24, 2.45) is 5.92 Å². The van der Waals surface area contributed by atoms with Gasteiger partial charge in [0.1, 0.15) is 16.8 Å². The van der Waals surface area contributed by atoms with Gasteiger partial charge in [-0.3, -0.25) is 4.79 Å². The van der Waals surface area contributed by atoms with Gasteiger partial charge in [0.15, 0.2) is 0 Å². The summed E-state index contributed by atoms with van der Waals surface area (Å²) >= 11 is 0. The largest absolute Gasteiger partial charge is 0.348 e. The average Bonchev–Trinajstić information content (AvgIpc) is 2.60. The van der Waals surface area contributed by atoms with E-state index in [1.165, 1.54) is 18.2 Å². The summed E-state index contributed by atoms with van der Waals surface area (Å²) in [5, 5.41) is 2.81. The number of halogens is 1. The number of benzene rings is 2. The van der Waals surface area contributed by atoms with Crippen LogP contribution >= 0.6 is 0 Å². The van der Waals surface area contributed by atoms with Gasteiger partial charge in [-0.2, -0.15) is 4.72 Å². The molecule has 26 heavy (non-hydrogen) atoms. The summed E-state index contributed by atoms with van der Waals surface area (Å²) in [6, 6.07) is 13.1. The Bertz CT molecular complexity index is 854. The van der Waals surface area contributed by atoms with Crippen LogP contribution in [0.5, 0.6) is 0 Å². The molecule has 0 saturated carbocycles. The molecule has 0 aromatic heterocycles. The van der Waals surface area contributed by atoms with Gasteiger partial charge in [0.25, 0.3) is 0 Å². The van der Waals surface area contributed by atoms with Gasteiger partial charge in [0.2, 0.25) is 15.9 Å². The monoisotopic (exact) mass is 378 g/mol. The van der Waals surface area contributed by atoms with E-state index in [9.17, 15) is 17.6 Å². The zero-order valence-corrected chi connectivity index (χ0v) is 15.8. The summed E-state index contributed by atoms with van der Waals surface area (Å²) in [6.07, 6.45) is 0. The summed E-state index contributed by atoms with van der Waals surface area (Å²) in [6.45, 7) is 5.26. The lowest BCUT2D eigenvalue weighted by Gasteiger charge is -2.24. The maximum atomic E-state index is 13.8. The first-order valence-electron chi connectivity index (χ1n) is 8.34. The van der Waals surface area contributed by atoms with Crippen LogP contribution in [0.1, 0.15) is 32.4 Å². The van der Waals surface area contributed by atoms with E-state index in [2.05, 4.69) is 10.0 Å². The molecule has 0 fully saturated rings. The molecule has 0 aliphatic heterocycles. The van der Waals surface area contributed by atoms with Crippen LogP contribution in [0.4, 0.5) is 4.39 Å². The molecule has 0 spiro atoms. The Morgan fingerprint density at radius 2 is 1.54 bits per heavy atom. The van der Waals surface area contributed by atoms with Crippen LogP contribution in [0, 0.1) is 11.7 Å². The average molecular weight is 378 g/mol. The number of carbonyl (C=O) groups excluding carboxylic acids is 1. The summed E-state index contributed by atoms with van der Waals surface area (Å²) in [5.74, 6) is -1.64. The first-order chi connectivity index (χ1) is 12.2. The predicted octanol–water partition coefficient (Wildman–Crippen LogP) is 3.01. The lowest BCUT2D eigenvalue weighted by molar-refractivity contribution is -0.124. The van der Waals surface area contributed by atoms with Gasteiger partial charge in [-0.05, 0) is 30.5 Å². The smallest absolute Gasteiger partial charge is 0.244 e. The highest BCUT2D eigenvalue weighted by Gasteiger charge is 2.30. The molecule has 140 valence electrons. The zero-order valence-electron chi connectivity index (χ0n) is 14.9. The van der Waals surface area contributed by atoms with Crippen LogP contribution in [-0.2, 0) is 14.8 Å². The molecule has 1 amide bonds. The Kier molecular flexibility index (Phi) is 6.50. The number of rotatable bonds is 7. The van der Waals surface area contributed by atoms with Crippen molar-refractivity contribution in [1.29, 1.82) is 0 Å². The topological polar surface area (TPSA) is 75.3 Å². The fourth-order valence-corrected chi connectivity index (χ4v) is 3.94. The van der Waals surface area contributed by atoms with Crippen LogP contribution in [0.15, 0.2) is 59.5 Å². The van der Waals surface area contributed by atoms with Gasteiger partial charge in [-0.15, -0.1) is 0 Å². The molecule has 0 radical (unpaired) electrons. The minimum Gasteiger partial charge on any atom is -0.348 e. The molecule has 7 heteroatoms. The third-order valence-electron chi connectivity index (χ3n) is 4.02. The molecular weight excluding hydrogens is 355 g/mol. The molecule has 2 atom stereocenters. The molecule has 2 N–H and O–H groups in total. The van der Waals surface area contributed by atoms with Gasteiger partial charge in [0, 0.05) is 0 Å². The fraction of sp³-hybridized carbons (Fsp3) is 0.316. The van der Waals surface area contributed by atoms with Gasteiger partial charge < -0.3 is 5.32 Å². The minimum absolute atomic E-state index is 0.289. The van der Waals surface area contributed by atoms with Crippen molar-refractivity contribution in [1.82, 2.24) is 10.0 Å². The first-order valence-corrected chi connectivity index (χ1v) is 9.83. The molecular formula is C19H23FN2O3S. The number of sulfonamides is 1. The van der Waals surface area contributed by atoms with Crippen molar-refractivity contribution >= 4 is 15.9 Å². The summed E-state index contributed by atoms with van der Waals surface area (Å²) in [4.78, 5) is 12.2. The van der Waals surface area contributed by atoms with Gasteiger partial charge in [-0.25, -0.2) is 12.8 Å². The van der Waals surface area contributed by atoms with Crippen LogP contribution in [0.3, 0.4) is 0 Å². The maximum absolute atomic E-state index is 13.8. The van der Waals surface area contributed by atoms with E-state index in [1.54, 1.807) is 13.8 Å². The Morgan fingerprint density at radius 1 is 0.962 bits per heavy atom. The van der Waals surface area contributed by atoms with E-state index < -0.39 is 32.7 Å². The van der Waals surface area contributed by atoms with E-state index in [0.29, 0.717) is 0 Å². The molecule has 5 nitrogen and oxygen atoms in total. The minimum atomic E-state index is -4.17. The second kappa shape index (κ2) is 8.42. The van der Waals surface area contributed by atoms with Crippen LogP contribution < -0.4 is 10.0 Å². The van der Waals surface area contributed by atoms with Crippen molar-refractivity contribution in [3.63, 3.8) is 0 Å². The van der Waals surface area contributed by atoms with Crippen LogP contribution in [-0.4, -0.2) is 20.4 Å². The lowest BCUT2D eigenvalue weighted by Crippen LogP contribution is -2.50. The summed E-state index contributed by atoms with van der Waals surface area (Å²) < 4.78 is 41.2. The number of hydrogen-bond acceptors (Lipinski definition) is 3. The maximum Gasteiger partial charge on any atom is 0.244 e. The Hall–Kier alpha value is -2.25. The van der Waals surface area contributed by atoms with E-state index in [1.807, 2.05) is 37.3 Å². The molecule has 0 aliphatic carbocycles. The third-order valence-corrected chi connectivity index (χ3v) is 5.49. The van der Waals surface area contributed by atoms with Crippen LogP contribution in [0.2, 0.25) is 0 Å². The van der Waals surface area contributed by atoms with Crippen molar-refractivity contribution in [3.8, 4) is 0 Å². The molecule has 0 bridgehead atoms. The number of amides is 1. The molecule has 0 saturated heterocycles. The first kappa shape index (κ1) is 20.1. The number of hydrogen-bond donors (Lipinski definition) is 2. The Morgan fingerprint density at radius 3 is 2.12 bits per heavy atom. The predicted molar refractivity (Wildman–Crippen MR) is 98.3 cm³/mol. The van der Waals surface area contributed by atoms with Gasteiger partial charge in [0.05, 0.1) is 6.04 Å². The molecule has 2 unspecified atom stereocenters. The summed E-state index contributed by atoms with van der Waals surface area (Å²) in [7, 11) is -4.17. The molecule has 2 rings (SSSR count). The molecule has 2 aromatic carbocycles. The van der Waals surface area contributed by atoms with Gasteiger partial charge >= 0.3 is 0 Å². The van der Waals surface area contributed by atoms with E-state index in [0.717, 1.165) is 11.6 Å². The highest BCUT2D eigenvalue weighted by atomic mass is 32.2. The van der Waals surface area contributed by atoms with Crippen molar-refractivity contribution in [2.75, 3.05) is 0 Å². The van der Waals surface area contributed by atoms with Crippen molar-refractivity contribution < 1.29 is 17.6 Å². The lowest BCUT2D eigenvalue weighted by atomic mass is 10.0. The summed E-state index contributed by atoms with van der Waals surface area (Å²) in [5.41, 5.74) is 0.903. The number of nitrogens with one attached hydrogen (secondary N) is 2.